The van der Waals surface area contributed by atoms with E-state index in [0.29, 0.717) is 5.92 Å². The Morgan fingerprint density at radius 1 is 1.12 bits per heavy atom. The highest BCUT2D eigenvalue weighted by Gasteiger charge is 2.34. The predicted molar refractivity (Wildman–Crippen MR) is 118 cm³/mol. The van der Waals surface area contributed by atoms with Gasteiger partial charge in [0.25, 0.3) is 0 Å². The zero-order valence-electron chi connectivity index (χ0n) is 16.7. The molecular formula is C19H38IN5O. The van der Waals surface area contributed by atoms with Crippen LogP contribution in [0.15, 0.2) is 4.99 Å². The van der Waals surface area contributed by atoms with Crippen LogP contribution in [0.3, 0.4) is 0 Å². The standard InChI is InChI=1S/C19H37N5O.HI/c1-15(2)12-23-8-9-25-18(14-23)11-22-19(20-3)21-10-16-6-7-24(13-16)17-4-5-17;/h15-18H,4-14H2,1-3H3,(H2,20,21,22);1H. The van der Waals surface area contributed by atoms with E-state index in [4.69, 9.17) is 4.74 Å². The van der Waals surface area contributed by atoms with Gasteiger partial charge in [-0.1, -0.05) is 13.8 Å². The zero-order chi connectivity index (χ0) is 17.6. The van der Waals surface area contributed by atoms with Gasteiger partial charge in [0, 0.05) is 52.4 Å². The Labute approximate surface area is 176 Å². The molecule has 0 radical (unpaired) electrons. The topological polar surface area (TPSA) is 52.1 Å². The summed E-state index contributed by atoms with van der Waals surface area (Å²) in [4.78, 5) is 9.56. The molecule has 0 spiro atoms. The molecule has 0 amide bonds. The molecule has 2 saturated heterocycles. The molecule has 2 atom stereocenters. The van der Waals surface area contributed by atoms with Crippen LogP contribution in [0.5, 0.6) is 0 Å². The fraction of sp³-hybridized carbons (Fsp3) is 0.947. The lowest BCUT2D eigenvalue weighted by Gasteiger charge is -2.34. The van der Waals surface area contributed by atoms with E-state index in [9.17, 15) is 0 Å². The number of morpholine rings is 1. The number of rotatable bonds is 7. The largest absolute Gasteiger partial charge is 0.374 e. The van der Waals surface area contributed by atoms with Gasteiger partial charge in [-0.3, -0.25) is 9.89 Å². The van der Waals surface area contributed by atoms with Crippen molar-refractivity contribution in [2.75, 3.05) is 59.5 Å². The zero-order valence-corrected chi connectivity index (χ0v) is 19.1. The maximum Gasteiger partial charge on any atom is 0.191 e. The molecule has 2 aliphatic heterocycles. The van der Waals surface area contributed by atoms with Gasteiger partial charge in [-0.2, -0.15) is 0 Å². The normalized spacial score (nSPS) is 28.2. The smallest absolute Gasteiger partial charge is 0.191 e. The van der Waals surface area contributed by atoms with Crippen LogP contribution >= 0.6 is 24.0 Å². The second-order valence-electron chi connectivity index (χ2n) is 8.36. The van der Waals surface area contributed by atoms with Crippen molar-refractivity contribution in [3.8, 4) is 0 Å². The summed E-state index contributed by atoms with van der Waals surface area (Å²) in [7, 11) is 1.85. The summed E-state index contributed by atoms with van der Waals surface area (Å²) in [5, 5.41) is 6.97. The second-order valence-corrected chi connectivity index (χ2v) is 8.36. The summed E-state index contributed by atoms with van der Waals surface area (Å²) >= 11 is 0. The first-order chi connectivity index (χ1) is 12.1. The first kappa shape index (κ1) is 22.2. The van der Waals surface area contributed by atoms with Crippen molar-refractivity contribution in [3.05, 3.63) is 0 Å². The average Bonchev–Trinajstić information content (AvgIpc) is 3.34. The fourth-order valence-corrected chi connectivity index (χ4v) is 4.06. The van der Waals surface area contributed by atoms with E-state index in [1.807, 2.05) is 7.05 Å². The van der Waals surface area contributed by atoms with E-state index >= 15 is 0 Å². The third kappa shape index (κ3) is 7.13. The molecule has 26 heavy (non-hydrogen) atoms. The van der Waals surface area contributed by atoms with E-state index in [2.05, 4.69) is 39.3 Å². The lowest BCUT2D eigenvalue weighted by atomic mass is 10.1. The number of likely N-dealkylation sites (tertiary alicyclic amines) is 1. The number of aliphatic imine (C=N–C) groups is 1. The Hall–Kier alpha value is -0.120. The van der Waals surface area contributed by atoms with E-state index in [-0.39, 0.29) is 30.1 Å². The highest BCUT2D eigenvalue weighted by molar-refractivity contribution is 14.0. The fourth-order valence-electron chi connectivity index (χ4n) is 4.06. The molecule has 0 aromatic carbocycles. The number of hydrogen-bond acceptors (Lipinski definition) is 4. The Morgan fingerprint density at radius 3 is 2.58 bits per heavy atom. The Morgan fingerprint density at radius 2 is 1.88 bits per heavy atom. The van der Waals surface area contributed by atoms with Crippen LogP contribution in [0.25, 0.3) is 0 Å². The van der Waals surface area contributed by atoms with Gasteiger partial charge in [0.15, 0.2) is 5.96 Å². The molecule has 2 N–H and O–H groups in total. The van der Waals surface area contributed by atoms with Gasteiger partial charge in [-0.25, -0.2) is 0 Å². The molecule has 7 heteroatoms. The van der Waals surface area contributed by atoms with Gasteiger partial charge < -0.3 is 20.3 Å². The number of guanidine groups is 1. The highest BCUT2D eigenvalue weighted by Crippen LogP contribution is 2.31. The molecule has 1 saturated carbocycles. The van der Waals surface area contributed by atoms with Crippen molar-refractivity contribution in [1.29, 1.82) is 0 Å². The van der Waals surface area contributed by atoms with Gasteiger partial charge in [-0.05, 0) is 37.6 Å². The number of halogens is 1. The summed E-state index contributed by atoms with van der Waals surface area (Å²) < 4.78 is 5.92. The van der Waals surface area contributed by atoms with E-state index < -0.39 is 0 Å². The average molecular weight is 479 g/mol. The van der Waals surface area contributed by atoms with E-state index in [0.717, 1.165) is 57.2 Å². The van der Waals surface area contributed by atoms with Gasteiger partial charge in [0.05, 0.1) is 12.7 Å². The number of hydrogen-bond donors (Lipinski definition) is 2. The van der Waals surface area contributed by atoms with Gasteiger partial charge in [0.2, 0.25) is 0 Å². The van der Waals surface area contributed by atoms with Crippen LogP contribution in [0.2, 0.25) is 0 Å². The second kappa shape index (κ2) is 11.0. The van der Waals surface area contributed by atoms with Crippen molar-refractivity contribution >= 4 is 29.9 Å². The lowest BCUT2D eigenvalue weighted by molar-refractivity contribution is -0.0284. The van der Waals surface area contributed by atoms with Gasteiger partial charge in [-0.15, -0.1) is 24.0 Å². The number of nitrogens with one attached hydrogen (secondary N) is 2. The van der Waals surface area contributed by atoms with Crippen molar-refractivity contribution in [3.63, 3.8) is 0 Å². The van der Waals surface area contributed by atoms with Crippen molar-refractivity contribution in [2.24, 2.45) is 16.8 Å². The van der Waals surface area contributed by atoms with Crippen LogP contribution in [-0.4, -0.2) is 87.4 Å². The summed E-state index contributed by atoms with van der Waals surface area (Å²) in [5.41, 5.74) is 0. The monoisotopic (exact) mass is 479 g/mol. The molecule has 2 unspecified atom stereocenters. The third-order valence-electron chi connectivity index (χ3n) is 5.51. The molecule has 3 aliphatic rings. The third-order valence-corrected chi connectivity index (χ3v) is 5.51. The number of ether oxygens (including phenoxy) is 1. The molecule has 3 rings (SSSR count). The van der Waals surface area contributed by atoms with Crippen LogP contribution in [0, 0.1) is 11.8 Å². The minimum Gasteiger partial charge on any atom is -0.374 e. The summed E-state index contributed by atoms with van der Waals surface area (Å²) in [6, 6.07) is 0.902. The first-order valence-corrected chi connectivity index (χ1v) is 10.2. The minimum absolute atomic E-state index is 0. The molecule has 0 aromatic rings. The quantitative estimate of drug-likeness (QED) is 0.330. The molecule has 0 bridgehead atoms. The van der Waals surface area contributed by atoms with Crippen LogP contribution in [-0.2, 0) is 4.74 Å². The summed E-state index contributed by atoms with van der Waals surface area (Å²) in [5.74, 6) is 2.38. The maximum atomic E-state index is 5.92. The Kier molecular flexibility index (Phi) is 9.40. The molecule has 6 nitrogen and oxygen atoms in total. The molecule has 2 heterocycles. The van der Waals surface area contributed by atoms with Crippen LogP contribution in [0.1, 0.15) is 33.1 Å². The predicted octanol–water partition coefficient (Wildman–Crippen LogP) is 1.61. The molecule has 1 aliphatic carbocycles. The first-order valence-electron chi connectivity index (χ1n) is 10.2. The SMILES string of the molecule is CN=C(NCC1CCN(C2CC2)C1)NCC1CN(CC(C)C)CCO1.I. The molecule has 152 valence electrons. The highest BCUT2D eigenvalue weighted by atomic mass is 127. The van der Waals surface area contributed by atoms with Gasteiger partial charge in [0.1, 0.15) is 0 Å². The van der Waals surface area contributed by atoms with Crippen molar-refractivity contribution in [1.82, 2.24) is 20.4 Å². The van der Waals surface area contributed by atoms with Crippen molar-refractivity contribution in [2.45, 2.75) is 45.3 Å². The lowest BCUT2D eigenvalue weighted by Crippen LogP contribution is -2.50. The van der Waals surface area contributed by atoms with E-state index in [1.54, 1.807) is 0 Å². The van der Waals surface area contributed by atoms with Crippen molar-refractivity contribution < 1.29 is 4.74 Å². The maximum absolute atomic E-state index is 5.92. The summed E-state index contributed by atoms with van der Waals surface area (Å²) in [6.07, 6.45) is 4.40. The van der Waals surface area contributed by atoms with E-state index in [1.165, 1.54) is 32.4 Å². The van der Waals surface area contributed by atoms with Crippen LogP contribution in [0.4, 0.5) is 0 Å². The van der Waals surface area contributed by atoms with Crippen LogP contribution < -0.4 is 10.6 Å². The minimum atomic E-state index is 0. The van der Waals surface area contributed by atoms with Gasteiger partial charge >= 0.3 is 0 Å². The molecular weight excluding hydrogens is 441 g/mol. The number of nitrogens with zero attached hydrogens (tertiary/aromatic N) is 3. The summed E-state index contributed by atoms with van der Waals surface area (Å²) in [6.45, 7) is 13.0. The Bertz CT molecular complexity index is 444. The molecule has 3 fully saturated rings. The molecule has 0 aromatic heterocycles. The Balaban J connectivity index is 0.00000243.